The van der Waals surface area contributed by atoms with Gasteiger partial charge in [-0.2, -0.15) is 0 Å². The molecule has 0 unspecified atom stereocenters. The monoisotopic (exact) mass is 349 g/mol. The second-order valence-electron chi connectivity index (χ2n) is 5.69. The van der Waals surface area contributed by atoms with Crippen LogP contribution in [-0.2, 0) is 6.42 Å². The van der Waals surface area contributed by atoms with Crippen molar-refractivity contribution in [3.05, 3.63) is 70.5 Å². The minimum absolute atomic E-state index is 0.161. The quantitative estimate of drug-likeness (QED) is 0.509. The summed E-state index contributed by atoms with van der Waals surface area (Å²) in [5, 5.41) is 2.85. The van der Waals surface area contributed by atoms with Gasteiger partial charge in [0.2, 0.25) is 5.56 Å². The fourth-order valence-electron chi connectivity index (χ4n) is 2.68. The number of carbonyl (C=O) groups excluding carboxylic acids is 1. The van der Waals surface area contributed by atoms with Crippen molar-refractivity contribution in [3.63, 3.8) is 0 Å². The molecule has 0 aliphatic rings. The predicted octanol–water partition coefficient (Wildman–Crippen LogP) is 1.88. The average molecular weight is 349 g/mol. The van der Waals surface area contributed by atoms with Gasteiger partial charge in [0.25, 0.3) is 5.91 Å². The fourth-order valence-corrected chi connectivity index (χ4v) is 2.68. The van der Waals surface area contributed by atoms with Gasteiger partial charge >= 0.3 is 0 Å². The third-order valence-electron chi connectivity index (χ3n) is 3.92. The number of fused-ring (bicyclic) bond motifs is 1. The maximum atomic E-state index is 12.5. The Morgan fingerprint density at radius 3 is 3.00 bits per heavy atom. The van der Waals surface area contributed by atoms with Crippen molar-refractivity contribution >= 4 is 17.1 Å². The van der Waals surface area contributed by atoms with Crippen LogP contribution in [0.1, 0.15) is 15.9 Å². The number of aromatic amines is 2. The van der Waals surface area contributed by atoms with Crippen molar-refractivity contribution in [2.75, 3.05) is 6.54 Å². The molecule has 0 bridgehead atoms. The number of hydrogen-bond donors (Lipinski definition) is 3. The number of nitrogens with one attached hydrogen (secondary N) is 3. The van der Waals surface area contributed by atoms with Crippen LogP contribution in [0.2, 0.25) is 0 Å². The molecule has 4 aromatic heterocycles. The number of furan rings is 1. The summed E-state index contributed by atoms with van der Waals surface area (Å²) in [4.78, 5) is 38.1. The molecule has 0 spiro atoms. The van der Waals surface area contributed by atoms with Gasteiger partial charge in [0.1, 0.15) is 5.52 Å². The predicted molar refractivity (Wildman–Crippen MR) is 94.7 cm³/mol. The number of aromatic nitrogens is 4. The first-order valence-corrected chi connectivity index (χ1v) is 8.05. The van der Waals surface area contributed by atoms with E-state index in [1.54, 1.807) is 36.9 Å². The van der Waals surface area contributed by atoms with E-state index < -0.39 is 0 Å². The third-order valence-corrected chi connectivity index (χ3v) is 3.92. The van der Waals surface area contributed by atoms with Crippen LogP contribution in [0.3, 0.4) is 0 Å². The van der Waals surface area contributed by atoms with Gasteiger partial charge in [-0.3, -0.25) is 9.59 Å². The Morgan fingerprint density at radius 1 is 1.27 bits per heavy atom. The zero-order valence-electron chi connectivity index (χ0n) is 13.7. The first kappa shape index (κ1) is 15.8. The van der Waals surface area contributed by atoms with Crippen molar-refractivity contribution in [2.24, 2.45) is 0 Å². The average Bonchev–Trinajstić information content (AvgIpc) is 3.30. The molecule has 0 fully saturated rings. The zero-order valence-corrected chi connectivity index (χ0v) is 13.7. The number of hydrogen-bond acceptors (Lipinski definition) is 5. The Labute approximate surface area is 147 Å². The van der Waals surface area contributed by atoms with E-state index in [1.807, 2.05) is 6.07 Å². The molecule has 4 aromatic rings. The highest BCUT2D eigenvalue weighted by Crippen LogP contribution is 2.21. The molecule has 0 atom stereocenters. The minimum atomic E-state index is -0.250. The molecule has 0 saturated carbocycles. The molecule has 8 nitrogen and oxygen atoms in total. The van der Waals surface area contributed by atoms with Crippen LogP contribution < -0.4 is 10.9 Å². The highest BCUT2D eigenvalue weighted by molar-refractivity contribution is 6.04. The Bertz CT molecular complexity index is 1110. The van der Waals surface area contributed by atoms with E-state index >= 15 is 0 Å². The maximum absolute atomic E-state index is 12.5. The highest BCUT2D eigenvalue weighted by Gasteiger charge is 2.16. The first-order chi connectivity index (χ1) is 12.7. The van der Waals surface area contributed by atoms with Crippen LogP contribution in [0, 0.1) is 0 Å². The smallest absolute Gasteiger partial charge is 0.253 e. The lowest BCUT2D eigenvalue weighted by atomic mass is 10.2. The molecule has 26 heavy (non-hydrogen) atoms. The second kappa shape index (κ2) is 6.67. The first-order valence-electron chi connectivity index (χ1n) is 8.05. The number of imidazole rings is 1. The topological polar surface area (TPSA) is 117 Å². The second-order valence-corrected chi connectivity index (χ2v) is 5.69. The van der Waals surface area contributed by atoms with Crippen LogP contribution in [0.4, 0.5) is 0 Å². The van der Waals surface area contributed by atoms with Gasteiger partial charge in [-0.05, 0) is 36.2 Å². The molecule has 130 valence electrons. The summed E-state index contributed by atoms with van der Waals surface area (Å²) in [5.74, 6) is 0.838. The number of pyridine rings is 2. The van der Waals surface area contributed by atoms with Gasteiger partial charge in [0.15, 0.2) is 17.2 Å². The summed E-state index contributed by atoms with van der Waals surface area (Å²) < 4.78 is 5.32. The van der Waals surface area contributed by atoms with Crippen molar-refractivity contribution in [3.8, 4) is 11.6 Å². The molecule has 4 heterocycles. The lowest BCUT2D eigenvalue weighted by Gasteiger charge is -2.05. The minimum Gasteiger partial charge on any atom is -0.461 e. The molecule has 4 rings (SSSR count). The number of nitrogens with zero attached hydrogens (tertiary/aromatic N) is 2. The molecule has 3 N–H and O–H groups in total. The summed E-state index contributed by atoms with van der Waals surface area (Å²) in [6.07, 6.45) is 5.25. The molecule has 8 heteroatoms. The summed E-state index contributed by atoms with van der Waals surface area (Å²) >= 11 is 0. The van der Waals surface area contributed by atoms with Gasteiger partial charge in [-0.15, -0.1) is 0 Å². The normalized spacial score (nSPS) is 10.9. The van der Waals surface area contributed by atoms with Crippen LogP contribution in [-0.4, -0.2) is 32.4 Å². The molecule has 0 radical (unpaired) electrons. The van der Waals surface area contributed by atoms with E-state index in [0.29, 0.717) is 41.3 Å². The lowest BCUT2D eigenvalue weighted by molar-refractivity contribution is 0.0955. The van der Waals surface area contributed by atoms with E-state index in [9.17, 15) is 9.59 Å². The van der Waals surface area contributed by atoms with Gasteiger partial charge in [0, 0.05) is 25.0 Å². The van der Waals surface area contributed by atoms with Gasteiger partial charge < -0.3 is 19.7 Å². The SMILES string of the molecule is O=C(NCCc1cc[nH]c(=O)c1)c1ccnc2[nH]c(-c3ccco3)nc12. The van der Waals surface area contributed by atoms with Crippen LogP contribution >= 0.6 is 0 Å². The van der Waals surface area contributed by atoms with E-state index in [2.05, 4.69) is 25.3 Å². The summed E-state index contributed by atoms with van der Waals surface area (Å²) in [5.41, 5.74) is 2.11. The molecule has 0 aromatic carbocycles. The number of carbonyl (C=O) groups is 1. The van der Waals surface area contributed by atoms with E-state index in [-0.39, 0.29) is 11.5 Å². The third kappa shape index (κ3) is 3.12. The molecule has 0 aliphatic carbocycles. The van der Waals surface area contributed by atoms with Gasteiger partial charge in [-0.1, -0.05) is 0 Å². The van der Waals surface area contributed by atoms with Crippen molar-refractivity contribution < 1.29 is 9.21 Å². The van der Waals surface area contributed by atoms with Crippen molar-refractivity contribution in [1.29, 1.82) is 0 Å². The lowest BCUT2D eigenvalue weighted by Crippen LogP contribution is -2.26. The van der Waals surface area contributed by atoms with Crippen LogP contribution in [0.5, 0.6) is 0 Å². The largest absolute Gasteiger partial charge is 0.461 e. The summed E-state index contributed by atoms with van der Waals surface area (Å²) in [7, 11) is 0. The highest BCUT2D eigenvalue weighted by atomic mass is 16.3. The number of H-pyrrole nitrogens is 2. The molecular weight excluding hydrogens is 334 g/mol. The summed E-state index contributed by atoms with van der Waals surface area (Å²) in [6, 6.07) is 8.48. The van der Waals surface area contributed by atoms with Gasteiger partial charge in [-0.25, -0.2) is 9.97 Å². The van der Waals surface area contributed by atoms with E-state index in [4.69, 9.17) is 4.42 Å². The van der Waals surface area contributed by atoms with Crippen molar-refractivity contribution in [2.45, 2.75) is 6.42 Å². The zero-order chi connectivity index (χ0) is 17.9. The number of amides is 1. The van der Waals surface area contributed by atoms with Crippen LogP contribution in [0.15, 0.2) is 58.2 Å². The Kier molecular flexibility index (Phi) is 4.06. The fraction of sp³-hybridized carbons (Fsp3) is 0.111. The maximum Gasteiger partial charge on any atom is 0.253 e. The Morgan fingerprint density at radius 2 is 2.19 bits per heavy atom. The molecule has 1 amide bonds. The Hall–Kier alpha value is -3.68. The molecule has 0 aliphatic heterocycles. The number of rotatable bonds is 5. The van der Waals surface area contributed by atoms with Crippen molar-refractivity contribution in [1.82, 2.24) is 25.3 Å². The van der Waals surface area contributed by atoms with E-state index in [1.165, 1.54) is 6.07 Å². The van der Waals surface area contributed by atoms with E-state index in [0.717, 1.165) is 5.56 Å². The molecule has 0 saturated heterocycles. The summed E-state index contributed by atoms with van der Waals surface area (Å²) in [6.45, 7) is 0.404. The van der Waals surface area contributed by atoms with Gasteiger partial charge in [0.05, 0.1) is 11.8 Å². The Balaban J connectivity index is 1.52. The van der Waals surface area contributed by atoms with Crippen LogP contribution in [0.25, 0.3) is 22.7 Å². The molecular formula is C18H15N5O3. The standard InChI is InChI=1S/C18H15N5O3/c24-14-10-11(3-6-19-14)4-7-21-18(25)12-5-8-20-17-15(12)22-16(23-17)13-2-1-9-26-13/h1-3,5-6,8-10H,4,7H2,(H,19,24)(H,21,25)(H,20,22,23).